The second-order valence-corrected chi connectivity index (χ2v) is 11.0. The zero-order chi connectivity index (χ0) is 26.2. The molecule has 0 unspecified atom stereocenters. The van der Waals surface area contributed by atoms with Crippen molar-refractivity contribution in [3.05, 3.63) is 70.9 Å². The number of rotatable bonds is 5. The van der Waals surface area contributed by atoms with Crippen molar-refractivity contribution in [3.8, 4) is 11.3 Å². The fraction of sp³-hybridized carbons (Fsp3) is 0.452. The Morgan fingerprint density at radius 3 is 2.38 bits per heavy atom. The zero-order valence-electron chi connectivity index (χ0n) is 22.5. The van der Waals surface area contributed by atoms with Gasteiger partial charge in [-0.15, -0.1) is 0 Å². The maximum absolute atomic E-state index is 14.2. The van der Waals surface area contributed by atoms with Gasteiger partial charge in [0, 0.05) is 17.3 Å². The molecule has 1 aliphatic carbocycles. The summed E-state index contributed by atoms with van der Waals surface area (Å²) in [5.41, 5.74) is 5.25. The molecule has 0 radical (unpaired) electrons. The van der Waals surface area contributed by atoms with Crippen molar-refractivity contribution in [2.75, 3.05) is 4.90 Å². The highest BCUT2D eigenvalue weighted by Crippen LogP contribution is 2.36. The number of fused-ring (bicyclic) bond motifs is 1. The molecule has 0 spiro atoms. The molecule has 2 aromatic carbocycles. The zero-order valence-corrected chi connectivity index (χ0v) is 22.5. The molecule has 0 saturated heterocycles. The van der Waals surface area contributed by atoms with Crippen LogP contribution in [0.4, 0.5) is 5.69 Å². The topological polar surface area (TPSA) is 67.2 Å². The Morgan fingerprint density at radius 2 is 1.73 bits per heavy atom. The predicted octanol–water partition coefficient (Wildman–Crippen LogP) is 5.99. The third kappa shape index (κ3) is 4.81. The first-order chi connectivity index (χ1) is 17.8. The Balaban J connectivity index is 1.55. The minimum Gasteiger partial charge on any atom is -0.351 e. The second kappa shape index (κ2) is 10.2. The highest BCUT2D eigenvalue weighted by molar-refractivity contribution is 6.12. The van der Waals surface area contributed by atoms with Crippen molar-refractivity contribution < 1.29 is 9.59 Å². The van der Waals surface area contributed by atoms with Crippen molar-refractivity contribution in [2.45, 2.75) is 90.8 Å². The van der Waals surface area contributed by atoms with Crippen molar-refractivity contribution in [3.63, 3.8) is 0 Å². The van der Waals surface area contributed by atoms with E-state index in [0.717, 1.165) is 60.2 Å². The van der Waals surface area contributed by atoms with Crippen molar-refractivity contribution in [1.82, 2.24) is 15.1 Å². The smallest absolute Gasteiger partial charge is 0.277 e. The SMILES string of the molecule is CCc1ccc(-c2cc3n(n2)C[C@@](C)(C(=O)NC2CCCCCC2)N(c2ccc(C)cc2C)C3=O)cc1. The van der Waals surface area contributed by atoms with Crippen molar-refractivity contribution in [2.24, 2.45) is 0 Å². The summed E-state index contributed by atoms with van der Waals surface area (Å²) in [4.78, 5) is 29.9. The monoisotopic (exact) mass is 498 g/mol. The lowest BCUT2D eigenvalue weighted by molar-refractivity contribution is -0.127. The number of aryl methyl sites for hydroxylation is 3. The van der Waals surface area contributed by atoms with Crippen LogP contribution in [-0.4, -0.2) is 33.2 Å². The molecule has 3 aromatic rings. The van der Waals surface area contributed by atoms with Crippen LogP contribution in [0.5, 0.6) is 0 Å². The number of nitrogens with one attached hydrogen (secondary N) is 1. The van der Waals surface area contributed by atoms with Gasteiger partial charge in [0.25, 0.3) is 5.91 Å². The number of nitrogens with zero attached hydrogens (tertiary/aromatic N) is 3. The number of anilines is 1. The number of aromatic nitrogens is 2. The van der Waals surface area contributed by atoms with E-state index in [2.05, 4.69) is 42.6 Å². The molecule has 2 heterocycles. The lowest BCUT2D eigenvalue weighted by Crippen LogP contribution is -2.65. The fourth-order valence-electron chi connectivity index (χ4n) is 5.83. The quantitative estimate of drug-likeness (QED) is 0.440. The van der Waals surface area contributed by atoms with E-state index in [1.54, 1.807) is 9.58 Å². The van der Waals surface area contributed by atoms with Gasteiger partial charge in [0.1, 0.15) is 11.2 Å². The van der Waals surface area contributed by atoms with Crippen LogP contribution in [0, 0.1) is 13.8 Å². The minimum absolute atomic E-state index is 0.109. The highest BCUT2D eigenvalue weighted by atomic mass is 16.2. The number of benzene rings is 2. The van der Waals surface area contributed by atoms with Gasteiger partial charge in [-0.25, -0.2) is 0 Å². The lowest BCUT2D eigenvalue weighted by Gasteiger charge is -2.44. The Hall–Kier alpha value is -3.41. The molecule has 2 amide bonds. The van der Waals surface area contributed by atoms with Gasteiger partial charge in [-0.1, -0.05) is 74.6 Å². The minimum atomic E-state index is -1.11. The first-order valence-electron chi connectivity index (χ1n) is 13.7. The number of carbonyl (C=O) groups excluding carboxylic acids is 2. The molecule has 2 aliphatic rings. The van der Waals surface area contributed by atoms with E-state index in [-0.39, 0.29) is 17.9 Å². The molecule has 1 atom stereocenters. The summed E-state index contributed by atoms with van der Waals surface area (Å²) in [6, 6.07) is 16.4. The van der Waals surface area contributed by atoms with Gasteiger partial charge in [0.05, 0.1) is 12.2 Å². The third-order valence-corrected chi connectivity index (χ3v) is 8.08. The highest BCUT2D eigenvalue weighted by Gasteiger charge is 2.49. The van der Waals surface area contributed by atoms with E-state index >= 15 is 0 Å². The molecule has 6 nitrogen and oxygen atoms in total. The molecule has 6 heteroatoms. The molecular formula is C31H38N4O2. The summed E-state index contributed by atoms with van der Waals surface area (Å²) < 4.78 is 1.73. The van der Waals surface area contributed by atoms with Gasteiger partial charge in [-0.2, -0.15) is 5.10 Å². The van der Waals surface area contributed by atoms with Gasteiger partial charge in [-0.05, 0) is 63.3 Å². The molecule has 1 aliphatic heterocycles. The molecule has 1 saturated carbocycles. The van der Waals surface area contributed by atoms with Crippen molar-refractivity contribution >= 4 is 17.5 Å². The maximum Gasteiger partial charge on any atom is 0.277 e. The van der Waals surface area contributed by atoms with Crippen LogP contribution in [-0.2, 0) is 17.8 Å². The van der Waals surface area contributed by atoms with E-state index in [1.165, 1.54) is 18.4 Å². The molecule has 1 N–H and O–H groups in total. The number of carbonyl (C=O) groups is 2. The Kier molecular flexibility index (Phi) is 6.93. The van der Waals surface area contributed by atoms with E-state index in [0.29, 0.717) is 12.2 Å². The summed E-state index contributed by atoms with van der Waals surface area (Å²) in [7, 11) is 0. The molecule has 5 rings (SSSR count). The molecule has 37 heavy (non-hydrogen) atoms. The first kappa shape index (κ1) is 25.2. The molecule has 194 valence electrons. The van der Waals surface area contributed by atoms with E-state index < -0.39 is 5.54 Å². The number of hydrogen-bond donors (Lipinski definition) is 1. The molecule has 1 fully saturated rings. The lowest BCUT2D eigenvalue weighted by atomic mass is 9.92. The molecule has 0 bridgehead atoms. The average Bonchev–Trinajstić information content (AvgIpc) is 3.13. The Bertz CT molecular complexity index is 1300. The first-order valence-corrected chi connectivity index (χ1v) is 13.7. The van der Waals surface area contributed by atoms with Crippen LogP contribution in [0.15, 0.2) is 48.5 Å². The summed E-state index contributed by atoms with van der Waals surface area (Å²) in [6.07, 6.45) is 7.65. The van der Waals surface area contributed by atoms with Crippen LogP contribution in [0.2, 0.25) is 0 Å². The molecule has 1 aromatic heterocycles. The fourth-order valence-corrected chi connectivity index (χ4v) is 5.83. The maximum atomic E-state index is 14.2. The van der Waals surface area contributed by atoms with Gasteiger partial charge in [0.15, 0.2) is 0 Å². The normalized spacial score (nSPS) is 20.4. The Morgan fingerprint density at radius 1 is 1.03 bits per heavy atom. The molecular weight excluding hydrogens is 460 g/mol. The van der Waals surface area contributed by atoms with Crippen LogP contribution in [0.1, 0.15) is 79.6 Å². The third-order valence-electron chi connectivity index (χ3n) is 8.08. The van der Waals surface area contributed by atoms with E-state index in [4.69, 9.17) is 5.10 Å². The van der Waals surface area contributed by atoms with Crippen LogP contribution < -0.4 is 10.2 Å². The number of hydrogen-bond acceptors (Lipinski definition) is 3. The largest absolute Gasteiger partial charge is 0.351 e. The number of amides is 2. The van der Waals surface area contributed by atoms with Crippen LogP contribution >= 0.6 is 0 Å². The second-order valence-electron chi connectivity index (χ2n) is 11.0. The summed E-state index contributed by atoms with van der Waals surface area (Å²) in [6.45, 7) is 8.36. The summed E-state index contributed by atoms with van der Waals surface area (Å²) in [5, 5.41) is 8.15. The van der Waals surface area contributed by atoms with Gasteiger partial charge in [0.2, 0.25) is 5.91 Å². The van der Waals surface area contributed by atoms with E-state index in [9.17, 15) is 9.59 Å². The average molecular weight is 499 g/mol. The van der Waals surface area contributed by atoms with Gasteiger partial charge in [-0.3, -0.25) is 19.2 Å². The predicted molar refractivity (Wildman–Crippen MR) is 148 cm³/mol. The summed E-state index contributed by atoms with van der Waals surface area (Å²) >= 11 is 0. The van der Waals surface area contributed by atoms with Crippen LogP contribution in [0.3, 0.4) is 0 Å². The summed E-state index contributed by atoms with van der Waals surface area (Å²) in [5.74, 6) is -0.302. The van der Waals surface area contributed by atoms with Gasteiger partial charge >= 0.3 is 0 Å². The van der Waals surface area contributed by atoms with E-state index in [1.807, 2.05) is 39.0 Å². The van der Waals surface area contributed by atoms with Crippen LogP contribution in [0.25, 0.3) is 11.3 Å². The Labute approximate surface area is 220 Å². The standard InChI is InChI=1S/C31H38N4O2/c1-5-23-13-15-24(16-14-23)26-19-28-29(36)35(27-17-12-21(2)18-22(27)3)31(4,20-34(28)33-26)30(37)32-25-10-8-6-7-9-11-25/h12-19,25H,5-11,20H2,1-4H3,(H,32,37)/t31-/m0/s1. The van der Waals surface area contributed by atoms with Gasteiger partial charge < -0.3 is 5.32 Å². The van der Waals surface area contributed by atoms with Crippen molar-refractivity contribution in [1.29, 1.82) is 0 Å².